The predicted molar refractivity (Wildman–Crippen MR) is 51.9 cm³/mol. The van der Waals surface area contributed by atoms with Crippen LogP contribution < -0.4 is 0 Å². The van der Waals surface area contributed by atoms with Crippen LogP contribution in [0.5, 0.6) is 0 Å². The Bertz CT molecular complexity index is 336. The lowest BCUT2D eigenvalue weighted by Crippen LogP contribution is -2.12. The Balaban J connectivity index is 2.03. The van der Waals surface area contributed by atoms with E-state index in [4.69, 9.17) is 5.11 Å². The van der Waals surface area contributed by atoms with Gasteiger partial charge in [-0.2, -0.15) is 0 Å². The van der Waals surface area contributed by atoms with E-state index in [1.54, 1.807) is 13.1 Å². The van der Waals surface area contributed by atoms with Crippen molar-refractivity contribution < 1.29 is 9.90 Å². The zero-order valence-corrected chi connectivity index (χ0v) is 8.05. The van der Waals surface area contributed by atoms with Crippen LogP contribution >= 0.6 is 0 Å². The first-order valence-electron chi connectivity index (χ1n) is 4.83. The van der Waals surface area contributed by atoms with Crippen molar-refractivity contribution in [2.75, 3.05) is 0 Å². The molecule has 0 aliphatic heterocycles. The summed E-state index contributed by atoms with van der Waals surface area (Å²) in [6, 6.07) is 3.92. The maximum Gasteiger partial charge on any atom is 0.306 e. The molecule has 1 aliphatic rings. The fourth-order valence-corrected chi connectivity index (χ4v) is 1.93. The number of aliphatic carboxylic acids is 1. The van der Waals surface area contributed by atoms with Crippen LogP contribution in [0, 0.1) is 11.8 Å². The molecule has 0 radical (unpaired) electrons. The van der Waals surface area contributed by atoms with Crippen molar-refractivity contribution in [3.05, 3.63) is 30.1 Å². The largest absolute Gasteiger partial charge is 0.481 e. The average molecular weight is 191 g/mol. The smallest absolute Gasteiger partial charge is 0.306 e. The van der Waals surface area contributed by atoms with Crippen molar-refractivity contribution in [1.29, 1.82) is 0 Å². The van der Waals surface area contributed by atoms with Crippen molar-refractivity contribution in [2.45, 2.75) is 19.3 Å². The molecule has 1 N–H and O–H groups in total. The van der Waals surface area contributed by atoms with Crippen LogP contribution in [0.15, 0.2) is 24.5 Å². The Kier molecular flexibility index (Phi) is 2.23. The number of carboxylic acid groups (broad SMARTS) is 1. The van der Waals surface area contributed by atoms with Gasteiger partial charge >= 0.3 is 5.97 Å². The third-order valence-electron chi connectivity index (χ3n) is 2.98. The summed E-state index contributed by atoms with van der Waals surface area (Å²) >= 11 is 0. The van der Waals surface area contributed by atoms with E-state index in [0.717, 1.165) is 6.42 Å². The van der Waals surface area contributed by atoms with Gasteiger partial charge in [-0.05, 0) is 29.9 Å². The van der Waals surface area contributed by atoms with Gasteiger partial charge in [0.25, 0.3) is 0 Å². The van der Waals surface area contributed by atoms with Crippen molar-refractivity contribution in [1.82, 2.24) is 4.98 Å². The molecule has 1 saturated carbocycles. The summed E-state index contributed by atoms with van der Waals surface area (Å²) in [5.74, 6) is -0.215. The molecule has 1 unspecified atom stereocenters. The first-order chi connectivity index (χ1) is 6.70. The summed E-state index contributed by atoms with van der Waals surface area (Å²) in [7, 11) is 0. The normalized spacial score (nSPS) is 26.9. The molecule has 0 amide bonds. The highest BCUT2D eigenvalue weighted by Gasteiger charge is 2.44. The summed E-state index contributed by atoms with van der Waals surface area (Å²) < 4.78 is 0. The lowest BCUT2D eigenvalue weighted by Gasteiger charge is -2.04. The third kappa shape index (κ3) is 1.62. The lowest BCUT2D eigenvalue weighted by molar-refractivity contribution is -0.141. The first-order valence-corrected chi connectivity index (χ1v) is 4.83. The first kappa shape index (κ1) is 9.19. The molecule has 1 aromatic heterocycles. The molecule has 74 valence electrons. The second-order valence-electron chi connectivity index (χ2n) is 3.92. The summed E-state index contributed by atoms with van der Waals surface area (Å²) in [4.78, 5) is 14.8. The van der Waals surface area contributed by atoms with E-state index in [9.17, 15) is 4.79 Å². The molecule has 1 aromatic rings. The number of hydrogen-bond donors (Lipinski definition) is 1. The van der Waals surface area contributed by atoms with Crippen LogP contribution in [0.1, 0.15) is 24.8 Å². The van der Waals surface area contributed by atoms with Crippen LogP contribution in [-0.2, 0) is 4.79 Å². The molecule has 0 saturated heterocycles. The summed E-state index contributed by atoms with van der Waals surface area (Å²) in [6.45, 7) is 1.78. The molecule has 1 heterocycles. The fourth-order valence-electron chi connectivity index (χ4n) is 1.93. The zero-order valence-electron chi connectivity index (χ0n) is 8.05. The molecule has 0 spiro atoms. The van der Waals surface area contributed by atoms with Gasteiger partial charge in [0.2, 0.25) is 0 Å². The SMILES string of the molecule is CC(C(=O)O)[C@@H]1C[C@H]1c1cccnc1. The topological polar surface area (TPSA) is 50.2 Å². The van der Waals surface area contributed by atoms with E-state index in [0.29, 0.717) is 11.8 Å². The molecule has 0 aromatic carbocycles. The minimum absolute atomic E-state index is 0.236. The number of pyridine rings is 1. The highest BCUT2D eigenvalue weighted by atomic mass is 16.4. The van der Waals surface area contributed by atoms with E-state index in [1.165, 1.54) is 5.56 Å². The number of aromatic nitrogens is 1. The van der Waals surface area contributed by atoms with Gasteiger partial charge in [-0.25, -0.2) is 0 Å². The van der Waals surface area contributed by atoms with Gasteiger partial charge in [-0.3, -0.25) is 9.78 Å². The summed E-state index contributed by atoms with van der Waals surface area (Å²) in [6.07, 6.45) is 4.56. The Labute approximate surface area is 82.8 Å². The molecule has 3 nitrogen and oxygen atoms in total. The van der Waals surface area contributed by atoms with Gasteiger partial charge in [0.05, 0.1) is 5.92 Å². The summed E-state index contributed by atoms with van der Waals surface area (Å²) in [5.41, 5.74) is 1.17. The molecular formula is C11H13NO2. The van der Waals surface area contributed by atoms with Gasteiger partial charge in [0.1, 0.15) is 0 Å². The van der Waals surface area contributed by atoms with Gasteiger partial charge in [-0.1, -0.05) is 13.0 Å². The molecule has 2 rings (SSSR count). The van der Waals surface area contributed by atoms with Crippen molar-refractivity contribution in [3.8, 4) is 0 Å². The van der Waals surface area contributed by atoms with Crippen LogP contribution in [0.25, 0.3) is 0 Å². The van der Waals surface area contributed by atoms with Crippen molar-refractivity contribution in [2.24, 2.45) is 11.8 Å². The van der Waals surface area contributed by atoms with E-state index in [1.807, 2.05) is 18.3 Å². The molecule has 1 aliphatic carbocycles. The number of carbonyl (C=O) groups is 1. The van der Waals surface area contributed by atoms with E-state index in [2.05, 4.69) is 4.98 Å². The molecular weight excluding hydrogens is 178 g/mol. The number of nitrogens with zero attached hydrogens (tertiary/aromatic N) is 1. The van der Waals surface area contributed by atoms with Gasteiger partial charge in [0, 0.05) is 12.4 Å². The van der Waals surface area contributed by atoms with E-state index < -0.39 is 5.97 Å². The quantitative estimate of drug-likeness (QED) is 0.793. The van der Waals surface area contributed by atoms with Crippen molar-refractivity contribution in [3.63, 3.8) is 0 Å². The molecule has 0 bridgehead atoms. The van der Waals surface area contributed by atoms with Gasteiger partial charge in [-0.15, -0.1) is 0 Å². The highest BCUT2D eigenvalue weighted by molar-refractivity contribution is 5.70. The highest BCUT2D eigenvalue weighted by Crippen LogP contribution is 2.51. The lowest BCUT2D eigenvalue weighted by atomic mass is 10.0. The third-order valence-corrected chi connectivity index (χ3v) is 2.98. The van der Waals surface area contributed by atoms with E-state index >= 15 is 0 Å². The van der Waals surface area contributed by atoms with Crippen LogP contribution in [0.4, 0.5) is 0 Å². The number of rotatable bonds is 3. The zero-order chi connectivity index (χ0) is 10.1. The molecule has 14 heavy (non-hydrogen) atoms. The van der Waals surface area contributed by atoms with Crippen LogP contribution in [0.2, 0.25) is 0 Å². The van der Waals surface area contributed by atoms with Gasteiger partial charge in [0.15, 0.2) is 0 Å². The monoisotopic (exact) mass is 191 g/mol. The standard InChI is InChI=1S/C11H13NO2/c1-7(11(13)14)9-5-10(9)8-3-2-4-12-6-8/h2-4,6-7,9-10H,5H2,1H3,(H,13,14)/t7?,9-,10-/m0/s1. The van der Waals surface area contributed by atoms with Crippen LogP contribution in [-0.4, -0.2) is 16.1 Å². The maximum absolute atomic E-state index is 10.7. The van der Waals surface area contributed by atoms with Crippen molar-refractivity contribution >= 4 is 5.97 Å². The number of carboxylic acids is 1. The maximum atomic E-state index is 10.7. The Morgan fingerprint density at radius 1 is 1.71 bits per heavy atom. The minimum atomic E-state index is -0.693. The van der Waals surface area contributed by atoms with E-state index in [-0.39, 0.29) is 5.92 Å². The second-order valence-corrected chi connectivity index (χ2v) is 3.92. The Hall–Kier alpha value is -1.38. The Morgan fingerprint density at radius 2 is 2.50 bits per heavy atom. The fraction of sp³-hybridized carbons (Fsp3) is 0.455. The predicted octanol–water partition coefficient (Wildman–Crippen LogP) is 1.91. The molecule has 3 atom stereocenters. The van der Waals surface area contributed by atoms with Gasteiger partial charge < -0.3 is 5.11 Å². The minimum Gasteiger partial charge on any atom is -0.481 e. The summed E-state index contributed by atoms with van der Waals surface area (Å²) in [5, 5.41) is 8.84. The molecule has 3 heteroatoms. The Morgan fingerprint density at radius 3 is 3.07 bits per heavy atom. The average Bonchev–Trinajstić information content (AvgIpc) is 2.97. The number of hydrogen-bond acceptors (Lipinski definition) is 2. The van der Waals surface area contributed by atoms with Crippen LogP contribution in [0.3, 0.4) is 0 Å². The molecule has 1 fully saturated rings. The second kappa shape index (κ2) is 3.40.